The first-order chi connectivity index (χ1) is 14.4. The molecule has 0 spiro atoms. The minimum atomic E-state index is -1.23. The Kier molecular flexibility index (Phi) is 5.04. The number of aryl methyl sites for hydroxylation is 1. The molecule has 0 aliphatic carbocycles. The van der Waals surface area contributed by atoms with Crippen LogP contribution in [0.1, 0.15) is 34.4 Å². The molecule has 0 aliphatic rings. The molecule has 0 atom stereocenters. The molecule has 3 heterocycles. The van der Waals surface area contributed by atoms with Gasteiger partial charge in [0.2, 0.25) is 0 Å². The predicted molar refractivity (Wildman–Crippen MR) is 113 cm³/mol. The number of thiophene rings is 1. The van der Waals surface area contributed by atoms with Crippen molar-refractivity contribution >= 4 is 38.6 Å². The Hall–Kier alpha value is -3.24. The van der Waals surface area contributed by atoms with Crippen molar-refractivity contribution in [1.82, 2.24) is 18.7 Å². The number of aliphatic hydroxyl groups excluding tert-OH is 1. The number of nitrogens with zero attached hydrogens (tertiary/aromatic N) is 4. The number of hydrogen-bond donors (Lipinski definition) is 2. The molecule has 4 rings (SSSR count). The number of imidazole rings is 1. The van der Waals surface area contributed by atoms with Gasteiger partial charge >= 0.3 is 11.7 Å². The quantitative estimate of drug-likeness (QED) is 0.483. The van der Waals surface area contributed by atoms with Gasteiger partial charge in [-0.05, 0) is 18.6 Å². The molecule has 0 unspecified atom stereocenters. The zero-order valence-corrected chi connectivity index (χ0v) is 17.3. The third-order valence-electron chi connectivity index (χ3n) is 5.08. The molecular weight excluding hydrogens is 408 g/mol. The van der Waals surface area contributed by atoms with Crippen molar-refractivity contribution in [2.24, 2.45) is 7.05 Å². The topological polar surface area (TPSA) is 119 Å². The fourth-order valence-corrected chi connectivity index (χ4v) is 4.99. The second-order valence-corrected chi connectivity index (χ2v) is 8.03. The van der Waals surface area contributed by atoms with Crippen LogP contribution in [0.15, 0.2) is 33.9 Å². The van der Waals surface area contributed by atoms with Crippen molar-refractivity contribution < 1.29 is 15.0 Å². The summed E-state index contributed by atoms with van der Waals surface area (Å²) in [6.07, 6.45) is 0.656. The summed E-state index contributed by atoms with van der Waals surface area (Å²) in [6, 6.07) is 7.30. The molecule has 0 fully saturated rings. The lowest BCUT2D eigenvalue weighted by Gasteiger charge is -2.07. The fraction of sp³-hybridized carbons (Fsp3) is 0.300. The van der Waals surface area contributed by atoms with E-state index < -0.39 is 17.2 Å². The van der Waals surface area contributed by atoms with E-state index in [4.69, 9.17) is 0 Å². The smallest absolute Gasteiger partial charge is 0.337 e. The second-order valence-electron chi connectivity index (χ2n) is 6.94. The maximum atomic E-state index is 12.8. The van der Waals surface area contributed by atoms with E-state index in [1.807, 2.05) is 31.2 Å². The second kappa shape index (κ2) is 7.54. The summed E-state index contributed by atoms with van der Waals surface area (Å²) in [5.74, 6) is -0.839. The lowest BCUT2D eigenvalue weighted by atomic mass is 10.2. The summed E-state index contributed by atoms with van der Waals surface area (Å²) in [7, 11) is 1.35. The molecule has 0 amide bonds. The molecule has 0 radical (unpaired) electrons. The number of aromatic carboxylic acids is 1. The fourth-order valence-electron chi connectivity index (χ4n) is 3.70. The summed E-state index contributed by atoms with van der Waals surface area (Å²) in [5.41, 5.74) is 0.220. The first-order valence-electron chi connectivity index (χ1n) is 9.42. The van der Waals surface area contributed by atoms with E-state index in [1.165, 1.54) is 11.6 Å². The molecule has 9 nitrogen and oxygen atoms in total. The van der Waals surface area contributed by atoms with Crippen LogP contribution in [-0.4, -0.2) is 34.9 Å². The van der Waals surface area contributed by atoms with Crippen LogP contribution < -0.4 is 11.2 Å². The molecule has 156 valence electrons. The molecule has 3 aromatic heterocycles. The van der Waals surface area contributed by atoms with E-state index in [2.05, 4.69) is 4.98 Å². The molecule has 0 saturated heterocycles. The Morgan fingerprint density at radius 1 is 1.20 bits per heavy atom. The van der Waals surface area contributed by atoms with Gasteiger partial charge in [0, 0.05) is 18.5 Å². The van der Waals surface area contributed by atoms with Crippen molar-refractivity contribution in [2.75, 3.05) is 0 Å². The number of benzene rings is 1. The van der Waals surface area contributed by atoms with Crippen molar-refractivity contribution in [1.29, 1.82) is 0 Å². The van der Waals surface area contributed by atoms with Crippen LogP contribution in [0.3, 0.4) is 0 Å². The van der Waals surface area contributed by atoms with Crippen LogP contribution in [0.2, 0.25) is 0 Å². The summed E-state index contributed by atoms with van der Waals surface area (Å²) < 4.78 is 4.14. The van der Waals surface area contributed by atoms with Gasteiger partial charge in [0.25, 0.3) is 5.56 Å². The van der Waals surface area contributed by atoms with Gasteiger partial charge in [0.15, 0.2) is 0 Å². The molecule has 4 aromatic rings. The van der Waals surface area contributed by atoms with Crippen LogP contribution in [0.4, 0.5) is 0 Å². The largest absolute Gasteiger partial charge is 0.478 e. The molecule has 10 heteroatoms. The molecule has 0 bridgehead atoms. The average Bonchev–Trinajstić information content (AvgIpc) is 3.28. The number of rotatable bonds is 6. The van der Waals surface area contributed by atoms with Crippen LogP contribution in [0.25, 0.3) is 21.3 Å². The van der Waals surface area contributed by atoms with Crippen molar-refractivity contribution in [2.45, 2.75) is 33.0 Å². The Morgan fingerprint density at radius 2 is 1.93 bits per heavy atom. The van der Waals surface area contributed by atoms with Gasteiger partial charge in [-0.15, -0.1) is 11.3 Å². The standard InChI is InChI=1S/C20H20N4O5S/c1-3-8-23-18-16(17(26)22(2)20(23)29)15(19(27)28)13(30-18)9-24-12-7-5-4-6-11(12)21-14(24)10-25/h4-7,25H,3,8-10H2,1-2H3,(H,27,28). The maximum Gasteiger partial charge on any atom is 0.337 e. The van der Waals surface area contributed by atoms with Gasteiger partial charge in [-0.25, -0.2) is 14.6 Å². The minimum Gasteiger partial charge on any atom is -0.478 e. The normalized spacial score (nSPS) is 11.6. The van der Waals surface area contributed by atoms with Crippen LogP contribution in [0, 0.1) is 0 Å². The summed E-state index contributed by atoms with van der Waals surface area (Å²) in [6.45, 7) is 2.07. The number of carboxylic acid groups (broad SMARTS) is 1. The number of para-hydroxylation sites is 2. The lowest BCUT2D eigenvalue weighted by Crippen LogP contribution is -2.38. The van der Waals surface area contributed by atoms with E-state index in [1.54, 1.807) is 4.57 Å². The van der Waals surface area contributed by atoms with Crippen LogP contribution in [-0.2, 0) is 26.7 Å². The van der Waals surface area contributed by atoms with Gasteiger partial charge < -0.3 is 14.8 Å². The van der Waals surface area contributed by atoms with Gasteiger partial charge in [-0.2, -0.15) is 0 Å². The van der Waals surface area contributed by atoms with Gasteiger partial charge in [-0.1, -0.05) is 19.1 Å². The summed E-state index contributed by atoms with van der Waals surface area (Å²) >= 11 is 1.12. The third-order valence-corrected chi connectivity index (χ3v) is 6.28. The average molecular weight is 428 g/mol. The van der Waals surface area contributed by atoms with Crippen molar-refractivity contribution in [3.63, 3.8) is 0 Å². The number of aliphatic hydroxyl groups is 1. The molecule has 0 aliphatic heterocycles. The molecule has 0 saturated carbocycles. The Morgan fingerprint density at radius 3 is 2.60 bits per heavy atom. The number of aromatic nitrogens is 4. The van der Waals surface area contributed by atoms with E-state index in [0.29, 0.717) is 34.0 Å². The van der Waals surface area contributed by atoms with E-state index in [0.717, 1.165) is 21.4 Å². The first-order valence-corrected chi connectivity index (χ1v) is 10.2. The molecular formula is C20H20N4O5S. The number of carboxylic acids is 1. The van der Waals surface area contributed by atoms with Crippen LogP contribution in [0.5, 0.6) is 0 Å². The van der Waals surface area contributed by atoms with E-state index >= 15 is 0 Å². The predicted octanol–water partition coefficient (Wildman–Crippen LogP) is 1.76. The Balaban J connectivity index is 2.03. The highest BCUT2D eigenvalue weighted by atomic mass is 32.1. The van der Waals surface area contributed by atoms with Gasteiger partial charge in [0.05, 0.1) is 28.5 Å². The van der Waals surface area contributed by atoms with Crippen LogP contribution >= 0.6 is 11.3 Å². The lowest BCUT2D eigenvalue weighted by molar-refractivity contribution is 0.0698. The van der Waals surface area contributed by atoms with Crippen molar-refractivity contribution in [3.8, 4) is 0 Å². The highest BCUT2D eigenvalue weighted by molar-refractivity contribution is 7.19. The van der Waals surface area contributed by atoms with Gasteiger partial charge in [0.1, 0.15) is 17.3 Å². The Bertz CT molecular complexity index is 1410. The molecule has 2 N–H and O–H groups in total. The minimum absolute atomic E-state index is 0.0352. The zero-order valence-electron chi connectivity index (χ0n) is 16.5. The number of carbonyl (C=O) groups is 1. The summed E-state index contributed by atoms with van der Waals surface area (Å²) in [5, 5.41) is 19.7. The van der Waals surface area contributed by atoms with E-state index in [-0.39, 0.29) is 24.1 Å². The Labute approximate surface area is 174 Å². The first kappa shape index (κ1) is 20.0. The monoisotopic (exact) mass is 428 g/mol. The van der Waals surface area contributed by atoms with Crippen molar-refractivity contribution in [3.05, 3.63) is 61.4 Å². The highest BCUT2D eigenvalue weighted by Crippen LogP contribution is 2.31. The maximum absolute atomic E-state index is 12.8. The third kappa shape index (κ3) is 2.96. The number of fused-ring (bicyclic) bond motifs is 2. The zero-order chi connectivity index (χ0) is 21.6. The van der Waals surface area contributed by atoms with Gasteiger partial charge in [-0.3, -0.25) is 13.9 Å². The van der Waals surface area contributed by atoms with E-state index in [9.17, 15) is 24.6 Å². The molecule has 1 aromatic carbocycles. The summed E-state index contributed by atoms with van der Waals surface area (Å²) in [4.78, 5) is 42.8. The highest BCUT2D eigenvalue weighted by Gasteiger charge is 2.26. The molecule has 30 heavy (non-hydrogen) atoms. The number of hydrogen-bond acceptors (Lipinski definition) is 6. The SMILES string of the molecule is CCCn1c(=O)n(C)c(=O)c2c(C(=O)O)c(Cn3c(CO)nc4ccccc43)sc21.